The molecule has 130 valence electrons. The minimum Gasteiger partial charge on any atom is -0.504 e. The number of aromatic nitrogens is 3. The lowest BCUT2D eigenvalue weighted by atomic mass is 10.2. The van der Waals surface area contributed by atoms with Gasteiger partial charge in [0.15, 0.2) is 11.5 Å². The molecule has 4 aromatic rings. The maximum Gasteiger partial charge on any atom is 0.350 e. The minimum atomic E-state index is -0.644. The summed E-state index contributed by atoms with van der Waals surface area (Å²) in [5, 5.41) is 14.4. The highest BCUT2D eigenvalue weighted by molar-refractivity contribution is 6.04. The molecule has 0 saturated heterocycles. The Morgan fingerprint density at radius 2 is 1.92 bits per heavy atom. The van der Waals surface area contributed by atoms with E-state index in [0.29, 0.717) is 11.1 Å². The van der Waals surface area contributed by atoms with E-state index < -0.39 is 11.2 Å². The van der Waals surface area contributed by atoms with E-state index in [9.17, 15) is 14.7 Å². The molecule has 0 fully saturated rings. The number of phenols is 1. The van der Waals surface area contributed by atoms with Crippen LogP contribution < -0.4 is 16.0 Å². The van der Waals surface area contributed by atoms with Crippen molar-refractivity contribution in [2.24, 2.45) is 5.10 Å². The lowest BCUT2D eigenvalue weighted by molar-refractivity contribution is 0.373. The highest BCUT2D eigenvalue weighted by atomic mass is 16.5. The Hall–Kier alpha value is -3.81. The van der Waals surface area contributed by atoms with Gasteiger partial charge in [-0.3, -0.25) is 4.79 Å². The van der Waals surface area contributed by atoms with Gasteiger partial charge in [0.1, 0.15) is 5.52 Å². The van der Waals surface area contributed by atoms with Gasteiger partial charge in [0.25, 0.3) is 0 Å². The molecule has 0 spiro atoms. The molecule has 4 rings (SSSR count). The number of nitrogens with zero attached hydrogens (tertiary/aromatic N) is 2. The van der Waals surface area contributed by atoms with Crippen LogP contribution in [0, 0.1) is 0 Å². The highest BCUT2D eigenvalue weighted by Gasteiger charge is 2.12. The van der Waals surface area contributed by atoms with Gasteiger partial charge in [-0.05, 0) is 29.8 Å². The number of H-pyrrole nitrogens is 2. The average Bonchev–Trinajstić information content (AvgIpc) is 3.01. The number of para-hydroxylation sites is 1. The predicted molar refractivity (Wildman–Crippen MR) is 98.3 cm³/mol. The van der Waals surface area contributed by atoms with E-state index in [1.807, 2.05) is 24.3 Å². The second kappa shape index (κ2) is 5.92. The third-order valence-electron chi connectivity index (χ3n) is 4.06. The molecule has 3 N–H and O–H groups in total. The number of nitrogens with one attached hydrogen (secondary N) is 2. The van der Waals surface area contributed by atoms with Gasteiger partial charge in [-0.15, -0.1) is 4.68 Å². The largest absolute Gasteiger partial charge is 0.504 e. The molecule has 0 unspecified atom stereocenters. The second-order valence-corrected chi connectivity index (χ2v) is 5.64. The summed E-state index contributed by atoms with van der Waals surface area (Å²) in [6.45, 7) is 0. The molecule has 0 atom stereocenters. The van der Waals surface area contributed by atoms with Gasteiger partial charge >= 0.3 is 11.2 Å². The van der Waals surface area contributed by atoms with Crippen molar-refractivity contribution >= 4 is 28.2 Å². The summed E-state index contributed by atoms with van der Waals surface area (Å²) in [6.07, 6.45) is 1.34. The summed E-state index contributed by atoms with van der Waals surface area (Å²) in [7, 11) is 1.43. The molecule has 0 bridgehead atoms. The van der Waals surface area contributed by atoms with E-state index in [-0.39, 0.29) is 17.0 Å². The molecule has 26 heavy (non-hydrogen) atoms. The fraction of sp³-hybridized carbons (Fsp3) is 0.0556. The summed E-state index contributed by atoms with van der Waals surface area (Å²) in [5.41, 5.74) is 0.832. The monoisotopic (exact) mass is 350 g/mol. The maximum absolute atomic E-state index is 12.7. The Kier molecular flexibility index (Phi) is 3.58. The molecule has 0 aliphatic heterocycles. The van der Waals surface area contributed by atoms with Gasteiger partial charge in [-0.1, -0.05) is 18.2 Å². The first-order valence-corrected chi connectivity index (χ1v) is 7.75. The Labute approximate surface area is 146 Å². The van der Waals surface area contributed by atoms with Crippen molar-refractivity contribution in [2.45, 2.75) is 0 Å². The fourth-order valence-electron chi connectivity index (χ4n) is 2.79. The molecule has 2 heterocycles. The first-order chi connectivity index (χ1) is 12.6. The van der Waals surface area contributed by atoms with Crippen molar-refractivity contribution in [3.05, 3.63) is 68.9 Å². The van der Waals surface area contributed by atoms with Crippen molar-refractivity contribution in [2.75, 3.05) is 7.11 Å². The molecule has 8 heteroatoms. The third kappa shape index (κ3) is 2.44. The van der Waals surface area contributed by atoms with Crippen LogP contribution in [0.15, 0.2) is 57.2 Å². The molecule has 8 nitrogen and oxygen atoms in total. The van der Waals surface area contributed by atoms with Crippen LogP contribution >= 0.6 is 0 Å². The summed E-state index contributed by atoms with van der Waals surface area (Å²) in [6, 6.07) is 11.9. The van der Waals surface area contributed by atoms with Crippen LogP contribution in [0.5, 0.6) is 11.5 Å². The van der Waals surface area contributed by atoms with Crippen LogP contribution in [0.25, 0.3) is 21.9 Å². The van der Waals surface area contributed by atoms with Crippen LogP contribution in [-0.4, -0.2) is 33.1 Å². The van der Waals surface area contributed by atoms with Gasteiger partial charge in [0.05, 0.1) is 18.8 Å². The molecule has 0 aliphatic carbocycles. The lowest BCUT2D eigenvalue weighted by Gasteiger charge is -2.03. The number of aromatic amines is 2. The first-order valence-electron chi connectivity index (χ1n) is 7.75. The van der Waals surface area contributed by atoms with Gasteiger partial charge < -0.3 is 19.8 Å². The molecular formula is C18H14N4O4. The van der Waals surface area contributed by atoms with Crippen molar-refractivity contribution in [1.29, 1.82) is 0 Å². The summed E-state index contributed by atoms with van der Waals surface area (Å²) < 4.78 is 5.77. The molecule has 0 amide bonds. The van der Waals surface area contributed by atoms with Gasteiger partial charge in [0.2, 0.25) is 0 Å². The molecule has 0 radical (unpaired) electrons. The maximum atomic E-state index is 12.7. The molecular weight excluding hydrogens is 336 g/mol. The van der Waals surface area contributed by atoms with Gasteiger partial charge in [-0.2, -0.15) is 5.10 Å². The molecule has 2 aromatic carbocycles. The van der Waals surface area contributed by atoms with Crippen LogP contribution in [-0.2, 0) is 0 Å². The summed E-state index contributed by atoms with van der Waals surface area (Å²) in [5.74, 6) is 0.250. The average molecular weight is 350 g/mol. The Morgan fingerprint density at radius 3 is 2.73 bits per heavy atom. The van der Waals surface area contributed by atoms with E-state index in [1.54, 1.807) is 12.1 Å². The topological polar surface area (TPSA) is 112 Å². The van der Waals surface area contributed by atoms with E-state index in [2.05, 4.69) is 15.1 Å². The number of rotatable bonds is 3. The number of fused-ring (bicyclic) bond motifs is 3. The van der Waals surface area contributed by atoms with Crippen molar-refractivity contribution in [3.63, 3.8) is 0 Å². The van der Waals surface area contributed by atoms with Gasteiger partial charge in [0, 0.05) is 10.9 Å². The third-order valence-corrected chi connectivity index (χ3v) is 4.06. The highest BCUT2D eigenvalue weighted by Crippen LogP contribution is 2.25. The van der Waals surface area contributed by atoms with Crippen LogP contribution in [0.3, 0.4) is 0 Å². The van der Waals surface area contributed by atoms with E-state index >= 15 is 0 Å². The smallest absolute Gasteiger partial charge is 0.350 e. The Morgan fingerprint density at radius 1 is 1.12 bits per heavy atom. The Balaban J connectivity index is 1.85. The molecule has 0 saturated carbocycles. The summed E-state index contributed by atoms with van der Waals surface area (Å²) in [4.78, 5) is 30.7. The second-order valence-electron chi connectivity index (χ2n) is 5.64. The van der Waals surface area contributed by atoms with Crippen molar-refractivity contribution in [3.8, 4) is 11.5 Å². The Bertz CT molecular complexity index is 1280. The van der Waals surface area contributed by atoms with E-state index in [1.165, 1.54) is 19.4 Å². The number of phenolic OH excluding ortho intramolecular Hbond substituents is 1. The SMILES string of the molecule is COc1cc(C=Nn2c(=O)[nH]c3c([nH]c4ccccc43)c2=O)ccc1O. The van der Waals surface area contributed by atoms with Crippen LogP contribution in [0.2, 0.25) is 0 Å². The van der Waals surface area contributed by atoms with Crippen molar-refractivity contribution in [1.82, 2.24) is 14.6 Å². The van der Waals surface area contributed by atoms with Crippen LogP contribution in [0.1, 0.15) is 5.56 Å². The summed E-state index contributed by atoms with van der Waals surface area (Å²) >= 11 is 0. The number of methoxy groups -OCH3 is 1. The number of ether oxygens (including phenoxy) is 1. The predicted octanol–water partition coefficient (Wildman–Crippen LogP) is 1.77. The van der Waals surface area contributed by atoms with E-state index in [0.717, 1.165) is 15.6 Å². The fourth-order valence-corrected chi connectivity index (χ4v) is 2.79. The standard InChI is InChI=1S/C18H14N4O4/c1-26-14-8-10(6-7-13(14)23)9-19-22-17(24)16-15(21-18(22)25)11-4-2-3-5-12(11)20-16/h2-9,20,23H,1H3,(H,21,25). The lowest BCUT2D eigenvalue weighted by Crippen LogP contribution is -2.32. The molecule has 2 aromatic heterocycles. The van der Waals surface area contributed by atoms with E-state index in [4.69, 9.17) is 4.74 Å². The van der Waals surface area contributed by atoms with Crippen LogP contribution in [0.4, 0.5) is 0 Å². The first kappa shape index (κ1) is 15.7. The minimum absolute atomic E-state index is 0.0147. The quantitative estimate of drug-likeness (QED) is 0.489. The zero-order chi connectivity index (χ0) is 18.3. The number of aromatic hydroxyl groups is 1. The number of hydrogen-bond donors (Lipinski definition) is 3. The van der Waals surface area contributed by atoms with Crippen molar-refractivity contribution < 1.29 is 9.84 Å². The zero-order valence-corrected chi connectivity index (χ0v) is 13.7. The van der Waals surface area contributed by atoms with Gasteiger partial charge in [-0.25, -0.2) is 4.79 Å². The normalized spacial score (nSPS) is 11.6. The number of hydrogen-bond acceptors (Lipinski definition) is 5. The zero-order valence-electron chi connectivity index (χ0n) is 13.7. The number of benzene rings is 2. The molecule has 0 aliphatic rings.